The first-order valence-electron chi connectivity index (χ1n) is 5.65. The van der Waals surface area contributed by atoms with Gasteiger partial charge in [0.15, 0.2) is 0 Å². The Bertz CT molecular complexity index is 535. The number of nitrogens with zero attached hydrogens (tertiary/aromatic N) is 3. The van der Waals surface area contributed by atoms with Gasteiger partial charge in [0.25, 0.3) is 0 Å². The van der Waals surface area contributed by atoms with Crippen LogP contribution in [0.4, 0.5) is 5.82 Å². The molecule has 2 rings (SSSR count). The highest BCUT2D eigenvalue weighted by Gasteiger charge is 2.06. The first kappa shape index (κ1) is 12.5. The summed E-state index contributed by atoms with van der Waals surface area (Å²) in [5.74, 6) is 0.731. The summed E-state index contributed by atoms with van der Waals surface area (Å²) in [6.07, 6.45) is 3.67. The first-order valence-corrected chi connectivity index (χ1v) is 6.06. The lowest BCUT2D eigenvalue weighted by molar-refractivity contribution is 0.637. The van der Waals surface area contributed by atoms with Crippen LogP contribution in [0.2, 0.25) is 0 Å². The second-order valence-electron chi connectivity index (χ2n) is 3.91. The Morgan fingerprint density at radius 2 is 2.33 bits per heavy atom. The minimum Gasteiger partial charge on any atom is -0.389 e. The van der Waals surface area contributed by atoms with E-state index in [4.69, 9.17) is 18.0 Å². The van der Waals surface area contributed by atoms with Gasteiger partial charge in [-0.1, -0.05) is 12.2 Å². The lowest BCUT2D eigenvalue weighted by atomic mass is 10.2. The van der Waals surface area contributed by atoms with Crippen LogP contribution in [-0.4, -0.2) is 26.3 Å². The van der Waals surface area contributed by atoms with Gasteiger partial charge in [-0.05, 0) is 25.1 Å². The Morgan fingerprint density at radius 3 is 3.00 bits per heavy atom. The Morgan fingerprint density at radius 1 is 1.50 bits per heavy atom. The predicted octanol–water partition coefficient (Wildman–Crippen LogP) is 1.33. The van der Waals surface area contributed by atoms with E-state index in [-0.39, 0.29) is 0 Å². The average Bonchev–Trinajstić information content (AvgIpc) is 2.82. The van der Waals surface area contributed by atoms with Crippen LogP contribution in [0.5, 0.6) is 0 Å². The van der Waals surface area contributed by atoms with Crippen molar-refractivity contribution in [2.45, 2.75) is 13.5 Å². The van der Waals surface area contributed by atoms with Crippen molar-refractivity contribution < 1.29 is 0 Å². The van der Waals surface area contributed by atoms with Gasteiger partial charge in [-0.2, -0.15) is 5.10 Å². The zero-order valence-electron chi connectivity index (χ0n) is 10.1. The summed E-state index contributed by atoms with van der Waals surface area (Å²) in [5, 5.41) is 7.36. The highest BCUT2D eigenvalue weighted by molar-refractivity contribution is 7.80. The molecule has 0 aliphatic heterocycles. The van der Waals surface area contributed by atoms with Gasteiger partial charge < -0.3 is 11.1 Å². The fourth-order valence-electron chi connectivity index (χ4n) is 1.61. The molecule has 18 heavy (non-hydrogen) atoms. The first-order chi connectivity index (χ1) is 8.66. The topological polar surface area (TPSA) is 68.8 Å². The van der Waals surface area contributed by atoms with Gasteiger partial charge in [0.05, 0.1) is 12.1 Å². The van der Waals surface area contributed by atoms with E-state index in [1.54, 1.807) is 6.20 Å². The smallest absolute Gasteiger partial charge is 0.136 e. The summed E-state index contributed by atoms with van der Waals surface area (Å²) < 4.78 is 1.85. The molecule has 0 saturated heterocycles. The quantitative estimate of drug-likeness (QED) is 0.795. The maximum Gasteiger partial charge on any atom is 0.136 e. The van der Waals surface area contributed by atoms with Gasteiger partial charge in [-0.25, -0.2) is 4.98 Å². The molecule has 0 aliphatic rings. The zero-order chi connectivity index (χ0) is 13.0. The number of thiocarbonyl (C=S) groups is 1. The maximum atomic E-state index is 5.66. The second-order valence-corrected chi connectivity index (χ2v) is 4.35. The summed E-state index contributed by atoms with van der Waals surface area (Å²) in [7, 11) is 0. The number of hydrogen-bond acceptors (Lipinski definition) is 4. The third-order valence-electron chi connectivity index (χ3n) is 2.49. The van der Waals surface area contributed by atoms with E-state index in [1.807, 2.05) is 36.0 Å². The highest BCUT2D eigenvalue weighted by atomic mass is 32.1. The van der Waals surface area contributed by atoms with E-state index < -0.39 is 0 Å². The molecule has 2 aromatic heterocycles. The van der Waals surface area contributed by atoms with Crippen molar-refractivity contribution >= 4 is 23.0 Å². The van der Waals surface area contributed by atoms with Gasteiger partial charge in [0.1, 0.15) is 10.8 Å². The molecule has 6 heteroatoms. The lowest BCUT2D eigenvalue weighted by Gasteiger charge is -2.11. The highest BCUT2D eigenvalue weighted by Crippen LogP contribution is 2.13. The van der Waals surface area contributed by atoms with Crippen LogP contribution in [0.15, 0.2) is 30.6 Å². The van der Waals surface area contributed by atoms with E-state index in [1.165, 1.54) is 0 Å². The molecule has 0 radical (unpaired) electrons. The second kappa shape index (κ2) is 5.59. The number of anilines is 1. The van der Waals surface area contributed by atoms with Crippen LogP contribution >= 0.6 is 12.2 Å². The van der Waals surface area contributed by atoms with E-state index in [0.29, 0.717) is 11.5 Å². The number of nitrogens with one attached hydrogen (secondary N) is 1. The van der Waals surface area contributed by atoms with Crippen LogP contribution < -0.4 is 11.1 Å². The summed E-state index contributed by atoms with van der Waals surface area (Å²) in [6.45, 7) is 3.41. The minimum atomic E-state index is 0.351. The maximum absolute atomic E-state index is 5.66. The molecule has 0 unspecified atom stereocenters. The van der Waals surface area contributed by atoms with Crippen molar-refractivity contribution in [2.75, 3.05) is 11.9 Å². The number of aryl methyl sites for hydroxylation is 1. The van der Waals surface area contributed by atoms with Crippen molar-refractivity contribution in [3.05, 3.63) is 41.9 Å². The predicted molar refractivity (Wildman–Crippen MR) is 75.6 cm³/mol. The van der Waals surface area contributed by atoms with Crippen molar-refractivity contribution in [3.63, 3.8) is 0 Å². The van der Waals surface area contributed by atoms with Crippen LogP contribution in [0, 0.1) is 6.92 Å². The van der Waals surface area contributed by atoms with E-state index in [2.05, 4.69) is 15.4 Å². The molecule has 0 spiro atoms. The summed E-state index contributed by atoms with van der Waals surface area (Å²) in [6, 6.07) is 5.68. The fraction of sp³-hybridized carbons (Fsp3) is 0.250. The molecule has 0 aliphatic carbocycles. The van der Waals surface area contributed by atoms with Crippen LogP contribution in [0.3, 0.4) is 0 Å². The standard InChI is InChI=1S/C12H15N5S/c1-9-3-4-10(11(13)18)12(16-9)14-6-8-17-7-2-5-15-17/h2-5,7H,6,8H2,1H3,(H2,13,18)(H,14,16). The third kappa shape index (κ3) is 3.04. The molecule has 3 N–H and O–H groups in total. The van der Waals surface area contributed by atoms with Gasteiger partial charge in [-0.3, -0.25) is 4.68 Å². The van der Waals surface area contributed by atoms with Gasteiger partial charge in [0, 0.05) is 24.6 Å². The number of hydrogen-bond donors (Lipinski definition) is 2. The average molecular weight is 261 g/mol. The molecular formula is C12H15N5S. The zero-order valence-corrected chi connectivity index (χ0v) is 10.9. The Balaban J connectivity index is 2.03. The third-order valence-corrected chi connectivity index (χ3v) is 2.71. The van der Waals surface area contributed by atoms with Crippen LogP contribution in [0.1, 0.15) is 11.3 Å². The molecule has 0 bridgehead atoms. The molecule has 94 valence electrons. The minimum absolute atomic E-state index is 0.351. The summed E-state index contributed by atoms with van der Waals surface area (Å²) in [5.41, 5.74) is 7.37. The van der Waals surface area contributed by atoms with Crippen molar-refractivity contribution in [1.82, 2.24) is 14.8 Å². The van der Waals surface area contributed by atoms with Crippen LogP contribution in [-0.2, 0) is 6.54 Å². The van der Waals surface area contributed by atoms with E-state index >= 15 is 0 Å². The molecule has 0 amide bonds. The van der Waals surface area contributed by atoms with Crippen molar-refractivity contribution in [3.8, 4) is 0 Å². The molecule has 0 aromatic carbocycles. The number of aromatic nitrogens is 3. The van der Waals surface area contributed by atoms with Gasteiger partial charge in [-0.15, -0.1) is 0 Å². The molecule has 2 aromatic rings. The van der Waals surface area contributed by atoms with Gasteiger partial charge in [0.2, 0.25) is 0 Å². The molecule has 0 saturated carbocycles. The van der Waals surface area contributed by atoms with Crippen molar-refractivity contribution in [1.29, 1.82) is 0 Å². The largest absolute Gasteiger partial charge is 0.389 e. The number of nitrogens with two attached hydrogens (primary N) is 1. The Hall–Kier alpha value is -1.95. The molecule has 0 atom stereocenters. The van der Waals surface area contributed by atoms with E-state index in [9.17, 15) is 0 Å². The Kier molecular flexibility index (Phi) is 3.88. The van der Waals surface area contributed by atoms with Crippen molar-refractivity contribution in [2.24, 2.45) is 5.73 Å². The molecule has 2 heterocycles. The fourth-order valence-corrected chi connectivity index (χ4v) is 1.78. The lowest BCUT2D eigenvalue weighted by Crippen LogP contribution is -2.17. The molecular weight excluding hydrogens is 246 g/mol. The number of pyridine rings is 1. The summed E-state index contributed by atoms with van der Waals surface area (Å²) in [4.78, 5) is 4.76. The van der Waals surface area contributed by atoms with E-state index in [0.717, 1.165) is 23.6 Å². The molecule has 0 fully saturated rings. The van der Waals surface area contributed by atoms with Crippen LogP contribution in [0.25, 0.3) is 0 Å². The SMILES string of the molecule is Cc1ccc(C(N)=S)c(NCCn2cccn2)n1. The monoisotopic (exact) mass is 261 g/mol. The summed E-state index contributed by atoms with van der Waals surface area (Å²) >= 11 is 5.00. The normalized spacial score (nSPS) is 10.3. The number of rotatable bonds is 5. The van der Waals surface area contributed by atoms with Gasteiger partial charge >= 0.3 is 0 Å². The Labute approximate surface area is 111 Å². The molecule has 5 nitrogen and oxygen atoms in total.